The number of carbonyl (C=O) groups excluding carboxylic acids is 1. The molecule has 0 aliphatic carbocycles. The molecule has 1 aromatic carbocycles. The van der Waals surface area contributed by atoms with E-state index in [1.54, 1.807) is 7.05 Å². The third-order valence-corrected chi connectivity index (χ3v) is 2.88. The molecule has 0 aliphatic heterocycles. The molecule has 0 heterocycles. The van der Waals surface area contributed by atoms with Crippen LogP contribution in [0.15, 0.2) is 29.4 Å². The Morgan fingerprint density at radius 3 is 2.84 bits per heavy atom. The van der Waals surface area contributed by atoms with Crippen molar-refractivity contribution < 1.29 is 10.0 Å². The molecular weight excluding hydrogens is 244 g/mol. The van der Waals surface area contributed by atoms with Gasteiger partial charge in [-0.25, -0.2) is 4.79 Å². The van der Waals surface area contributed by atoms with E-state index in [1.165, 1.54) is 4.90 Å². The van der Waals surface area contributed by atoms with Crippen molar-refractivity contribution in [3.05, 3.63) is 29.8 Å². The molecule has 104 valence electrons. The number of hydrogen-bond donors (Lipinski definition) is 3. The summed E-state index contributed by atoms with van der Waals surface area (Å²) in [7, 11) is 1.67. The molecule has 1 aromatic rings. The zero-order valence-corrected chi connectivity index (χ0v) is 11.4. The normalized spacial score (nSPS) is 12.9. The highest BCUT2D eigenvalue weighted by molar-refractivity contribution is 5.90. The second-order valence-electron chi connectivity index (χ2n) is 4.56. The summed E-state index contributed by atoms with van der Waals surface area (Å²) in [5.41, 5.74) is 7.24. The van der Waals surface area contributed by atoms with Crippen LogP contribution in [-0.2, 0) is 0 Å². The van der Waals surface area contributed by atoms with Crippen LogP contribution in [0.3, 0.4) is 0 Å². The number of anilines is 1. The highest BCUT2D eigenvalue weighted by atomic mass is 16.4. The third-order valence-electron chi connectivity index (χ3n) is 2.88. The third kappa shape index (κ3) is 4.50. The summed E-state index contributed by atoms with van der Waals surface area (Å²) in [6, 6.07) is 7.16. The van der Waals surface area contributed by atoms with Crippen molar-refractivity contribution in [2.24, 2.45) is 10.9 Å². The van der Waals surface area contributed by atoms with Crippen LogP contribution in [0, 0.1) is 6.92 Å². The van der Waals surface area contributed by atoms with Crippen molar-refractivity contribution in [3.8, 4) is 0 Å². The summed E-state index contributed by atoms with van der Waals surface area (Å²) in [6.45, 7) is 3.79. The Balaban J connectivity index is 2.62. The van der Waals surface area contributed by atoms with Gasteiger partial charge in [0.2, 0.25) is 0 Å². The van der Waals surface area contributed by atoms with Gasteiger partial charge in [0.15, 0.2) is 0 Å². The Morgan fingerprint density at radius 1 is 1.58 bits per heavy atom. The van der Waals surface area contributed by atoms with Crippen molar-refractivity contribution in [1.29, 1.82) is 0 Å². The lowest BCUT2D eigenvalue weighted by molar-refractivity contribution is 0.208. The van der Waals surface area contributed by atoms with Gasteiger partial charge in [-0.15, -0.1) is 0 Å². The molecule has 0 aliphatic rings. The lowest BCUT2D eigenvalue weighted by atomic mass is 10.2. The molecule has 2 amide bonds. The monoisotopic (exact) mass is 264 g/mol. The molecular formula is C13H20N4O2. The fourth-order valence-corrected chi connectivity index (χ4v) is 1.62. The van der Waals surface area contributed by atoms with Crippen molar-refractivity contribution >= 4 is 17.6 Å². The van der Waals surface area contributed by atoms with E-state index < -0.39 is 0 Å². The van der Waals surface area contributed by atoms with Crippen LogP contribution in [-0.4, -0.2) is 35.1 Å². The topological polar surface area (TPSA) is 91.0 Å². The van der Waals surface area contributed by atoms with Crippen molar-refractivity contribution in [1.82, 2.24) is 4.90 Å². The number of nitrogens with two attached hydrogens (primary N) is 1. The van der Waals surface area contributed by atoms with Crippen LogP contribution in [0.5, 0.6) is 0 Å². The van der Waals surface area contributed by atoms with Gasteiger partial charge in [0.1, 0.15) is 5.84 Å². The molecule has 1 unspecified atom stereocenters. The highest BCUT2D eigenvalue weighted by Gasteiger charge is 2.17. The number of nitrogens with one attached hydrogen (secondary N) is 1. The number of amides is 2. The maximum absolute atomic E-state index is 12.0. The molecule has 6 nitrogen and oxygen atoms in total. The largest absolute Gasteiger partial charge is 0.409 e. The van der Waals surface area contributed by atoms with E-state index in [0.29, 0.717) is 6.42 Å². The first kappa shape index (κ1) is 14.8. The highest BCUT2D eigenvalue weighted by Crippen LogP contribution is 2.11. The average Bonchev–Trinajstić information content (AvgIpc) is 2.37. The number of carbonyl (C=O) groups is 1. The van der Waals surface area contributed by atoms with E-state index in [2.05, 4.69) is 10.5 Å². The first-order valence-corrected chi connectivity index (χ1v) is 6.01. The first-order chi connectivity index (χ1) is 8.93. The van der Waals surface area contributed by atoms with Crippen LogP contribution in [0.1, 0.15) is 18.9 Å². The van der Waals surface area contributed by atoms with Gasteiger partial charge in [-0.2, -0.15) is 0 Å². The van der Waals surface area contributed by atoms with Crippen molar-refractivity contribution in [2.45, 2.75) is 26.3 Å². The van der Waals surface area contributed by atoms with Crippen molar-refractivity contribution in [3.63, 3.8) is 0 Å². The van der Waals surface area contributed by atoms with Crippen LogP contribution < -0.4 is 11.1 Å². The number of aryl methyl sites for hydroxylation is 1. The van der Waals surface area contributed by atoms with E-state index >= 15 is 0 Å². The Morgan fingerprint density at radius 2 is 2.26 bits per heavy atom. The summed E-state index contributed by atoms with van der Waals surface area (Å²) >= 11 is 0. The Kier molecular flexibility index (Phi) is 5.17. The molecule has 0 radical (unpaired) electrons. The Hall–Kier alpha value is -2.24. The number of oxime groups is 1. The maximum atomic E-state index is 12.0. The zero-order valence-electron chi connectivity index (χ0n) is 11.4. The average molecular weight is 264 g/mol. The summed E-state index contributed by atoms with van der Waals surface area (Å²) in [4.78, 5) is 13.5. The summed E-state index contributed by atoms with van der Waals surface area (Å²) in [5, 5.41) is 14.2. The Labute approximate surface area is 112 Å². The zero-order chi connectivity index (χ0) is 14.4. The minimum Gasteiger partial charge on any atom is -0.409 e. The second kappa shape index (κ2) is 6.63. The molecule has 0 saturated heterocycles. The van der Waals surface area contributed by atoms with E-state index in [9.17, 15) is 4.79 Å². The Bertz CT molecular complexity index is 473. The number of nitrogens with zero attached hydrogens (tertiary/aromatic N) is 2. The minimum atomic E-state index is -0.233. The van der Waals surface area contributed by atoms with Crippen LogP contribution >= 0.6 is 0 Å². The van der Waals surface area contributed by atoms with Crippen LogP contribution in [0.4, 0.5) is 10.5 Å². The number of benzene rings is 1. The van der Waals surface area contributed by atoms with E-state index in [4.69, 9.17) is 10.9 Å². The quantitative estimate of drug-likeness (QED) is 0.336. The van der Waals surface area contributed by atoms with Crippen LogP contribution in [0.25, 0.3) is 0 Å². The molecule has 1 rings (SSSR count). The summed E-state index contributed by atoms with van der Waals surface area (Å²) < 4.78 is 0. The van der Waals surface area contributed by atoms with Crippen LogP contribution in [0.2, 0.25) is 0 Å². The van der Waals surface area contributed by atoms with Crippen molar-refractivity contribution in [2.75, 3.05) is 12.4 Å². The molecule has 0 spiro atoms. The lowest BCUT2D eigenvalue weighted by Gasteiger charge is -2.24. The number of amidine groups is 1. The SMILES string of the molecule is Cc1cccc(NC(=O)N(C)C(C)CC(N)=NO)c1. The van der Waals surface area contributed by atoms with Gasteiger partial charge in [0, 0.05) is 25.2 Å². The van der Waals surface area contributed by atoms with Gasteiger partial charge in [-0.3, -0.25) is 0 Å². The number of hydrogen-bond acceptors (Lipinski definition) is 3. The molecule has 6 heteroatoms. The fraction of sp³-hybridized carbons (Fsp3) is 0.385. The predicted octanol–water partition coefficient (Wildman–Crippen LogP) is 1.98. The van der Waals surface area contributed by atoms with E-state index in [1.807, 2.05) is 38.1 Å². The van der Waals surface area contributed by atoms with E-state index in [-0.39, 0.29) is 17.9 Å². The predicted molar refractivity (Wildman–Crippen MR) is 75.4 cm³/mol. The van der Waals surface area contributed by atoms with Gasteiger partial charge in [-0.1, -0.05) is 17.3 Å². The number of rotatable bonds is 4. The lowest BCUT2D eigenvalue weighted by Crippen LogP contribution is -2.40. The standard InChI is InChI=1S/C13H20N4O2/c1-9-5-4-6-11(7-9)15-13(18)17(3)10(2)8-12(14)16-19/h4-7,10,19H,8H2,1-3H3,(H2,14,16)(H,15,18). The second-order valence-corrected chi connectivity index (χ2v) is 4.56. The van der Waals surface area contributed by atoms with E-state index in [0.717, 1.165) is 11.3 Å². The first-order valence-electron chi connectivity index (χ1n) is 6.01. The maximum Gasteiger partial charge on any atom is 0.321 e. The molecule has 1 atom stereocenters. The van der Waals surface area contributed by atoms with Gasteiger partial charge >= 0.3 is 6.03 Å². The molecule has 0 saturated carbocycles. The molecule has 4 N–H and O–H groups in total. The van der Waals surface area contributed by atoms with Gasteiger partial charge in [0.25, 0.3) is 0 Å². The molecule has 0 aromatic heterocycles. The smallest absolute Gasteiger partial charge is 0.321 e. The molecule has 0 bridgehead atoms. The van der Waals surface area contributed by atoms with Gasteiger partial charge < -0.3 is 21.2 Å². The van der Waals surface area contributed by atoms with Gasteiger partial charge in [-0.05, 0) is 31.5 Å². The summed E-state index contributed by atoms with van der Waals surface area (Å²) in [6.07, 6.45) is 0.314. The molecule has 0 fully saturated rings. The summed E-state index contributed by atoms with van der Waals surface area (Å²) in [5.74, 6) is 0.0997. The fourth-order valence-electron chi connectivity index (χ4n) is 1.62. The molecule has 19 heavy (non-hydrogen) atoms. The van der Waals surface area contributed by atoms with Gasteiger partial charge in [0.05, 0.1) is 0 Å². The number of urea groups is 1. The minimum absolute atomic E-state index is 0.0997.